The summed E-state index contributed by atoms with van der Waals surface area (Å²) in [6.45, 7) is 1.12. The van der Waals surface area contributed by atoms with Gasteiger partial charge in [0, 0.05) is 25.2 Å². The fourth-order valence-electron chi connectivity index (χ4n) is 2.92. The van der Waals surface area contributed by atoms with Gasteiger partial charge in [0.1, 0.15) is 4.90 Å². The molecule has 4 nitrogen and oxygen atoms in total. The standard InChI is InChI=1S/C13H17ClN2O2S/c14-12-3-1-2-4-13(12)19(17,18)16-8-7-10-5-6-11(9-16)15-10/h1-4,10-11,15H,5-9H2. The van der Waals surface area contributed by atoms with Crippen LogP contribution in [0.5, 0.6) is 0 Å². The van der Waals surface area contributed by atoms with Gasteiger partial charge in [0.05, 0.1) is 5.02 Å². The number of sulfonamides is 1. The Kier molecular flexibility index (Phi) is 3.55. The Labute approximate surface area is 118 Å². The number of hydrogen-bond acceptors (Lipinski definition) is 3. The fourth-order valence-corrected chi connectivity index (χ4v) is 4.92. The van der Waals surface area contributed by atoms with Crippen molar-refractivity contribution in [1.29, 1.82) is 0 Å². The van der Waals surface area contributed by atoms with E-state index in [9.17, 15) is 8.42 Å². The van der Waals surface area contributed by atoms with Gasteiger partial charge in [0.25, 0.3) is 0 Å². The second-order valence-electron chi connectivity index (χ2n) is 5.22. The second kappa shape index (κ2) is 5.05. The lowest BCUT2D eigenvalue weighted by atomic mass is 10.1. The quantitative estimate of drug-likeness (QED) is 0.907. The van der Waals surface area contributed by atoms with Crippen LogP contribution in [0.1, 0.15) is 19.3 Å². The summed E-state index contributed by atoms with van der Waals surface area (Å²) >= 11 is 6.03. The molecule has 0 amide bonds. The van der Waals surface area contributed by atoms with E-state index in [0.717, 1.165) is 19.3 Å². The van der Waals surface area contributed by atoms with Crippen LogP contribution in [0.15, 0.2) is 29.2 Å². The average molecular weight is 301 g/mol. The first kappa shape index (κ1) is 13.4. The normalized spacial score (nSPS) is 28.3. The van der Waals surface area contributed by atoms with E-state index >= 15 is 0 Å². The molecule has 2 aliphatic rings. The predicted octanol–water partition coefficient (Wildman–Crippen LogP) is 1.85. The molecule has 2 aliphatic heterocycles. The molecule has 6 heteroatoms. The number of halogens is 1. The van der Waals surface area contributed by atoms with Crippen molar-refractivity contribution < 1.29 is 8.42 Å². The maximum Gasteiger partial charge on any atom is 0.244 e. The van der Waals surface area contributed by atoms with Gasteiger partial charge in [-0.1, -0.05) is 23.7 Å². The zero-order chi connectivity index (χ0) is 13.5. The number of nitrogens with zero attached hydrogens (tertiary/aromatic N) is 1. The summed E-state index contributed by atoms with van der Waals surface area (Å²) in [4.78, 5) is 0.217. The predicted molar refractivity (Wildman–Crippen MR) is 74.8 cm³/mol. The van der Waals surface area contributed by atoms with Gasteiger partial charge in [-0.25, -0.2) is 8.42 Å². The van der Waals surface area contributed by atoms with Crippen molar-refractivity contribution in [2.45, 2.75) is 36.2 Å². The van der Waals surface area contributed by atoms with Gasteiger partial charge in [0.15, 0.2) is 0 Å². The van der Waals surface area contributed by atoms with E-state index in [1.54, 1.807) is 28.6 Å². The van der Waals surface area contributed by atoms with Crippen molar-refractivity contribution in [2.24, 2.45) is 0 Å². The summed E-state index contributed by atoms with van der Waals surface area (Å²) in [5.41, 5.74) is 0. The SMILES string of the molecule is O=S(=O)(c1ccccc1Cl)N1CCC2CCC(C1)N2. The Hall–Kier alpha value is -0.620. The highest BCUT2D eigenvalue weighted by Crippen LogP contribution is 2.28. The van der Waals surface area contributed by atoms with Crippen LogP contribution in [0.3, 0.4) is 0 Å². The number of benzene rings is 1. The Morgan fingerprint density at radius 2 is 1.89 bits per heavy atom. The molecule has 2 fully saturated rings. The number of fused-ring (bicyclic) bond motifs is 2. The molecule has 1 aromatic carbocycles. The molecule has 2 saturated heterocycles. The minimum Gasteiger partial charge on any atom is -0.310 e. The Morgan fingerprint density at radius 3 is 2.68 bits per heavy atom. The lowest BCUT2D eigenvalue weighted by Gasteiger charge is -2.24. The molecule has 0 radical (unpaired) electrons. The summed E-state index contributed by atoms with van der Waals surface area (Å²) < 4.78 is 26.9. The van der Waals surface area contributed by atoms with Gasteiger partial charge < -0.3 is 5.32 Å². The zero-order valence-electron chi connectivity index (χ0n) is 10.5. The zero-order valence-corrected chi connectivity index (χ0v) is 12.1. The lowest BCUT2D eigenvalue weighted by Crippen LogP contribution is -2.39. The third-order valence-corrected chi connectivity index (χ3v) is 6.31. The lowest BCUT2D eigenvalue weighted by molar-refractivity contribution is 0.383. The Bertz CT molecular complexity index is 576. The fraction of sp³-hybridized carbons (Fsp3) is 0.538. The van der Waals surface area contributed by atoms with E-state index in [-0.39, 0.29) is 10.9 Å². The average Bonchev–Trinajstić information content (AvgIpc) is 2.68. The third-order valence-electron chi connectivity index (χ3n) is 3.94. The van der Waals surface area contributed by atoms with E-state index in [1.807, 2.05) is 0 Å². The third kappa shape index (κ3) is 2.52. The molecule has 19 heavy (non-hydrogen) atoms. The highest BCUT2D eigenvalue weighted by molar-refractivity contribution is 7.89. The van der Waals surface area contributed by atoms with Crippen molar-refractivity contribution in [2.75, 3.05) is 13.1 Å². The van der Waals surface area contributed by atoms with Crippen LogP contribution in [-0.4, -0.2) is 37.9 Å². The van der Waals surface area contributed by atoms with Crippen molar-refractivity contribution in [3.8, 4) is 0 Å². The van der Waals surface area contributed by atoms with E-state index in [2.05, 4.69) is 5.32 Å². The van der Waals surface area contributed by atoms with Gasteiger partial charge in [-0.15, -0.1) is 0 Å². The largest absolute Gasteiger partial charge is 0.310 e. The molecular formula is C13H17ClN2O2S. The van der Waals surface area contributed by atoms with Gasteiger partial charge in [-0.3, -0.25) is 0 Å². The van der Waals surface area contributed by atoms with Crippen LogP contribution < -0.4 is 5.32 Å². The van der Waals surface area contributed by atoms with Gasteiger partial charge in [-0.05, 0) is 31.4 Å². The first-order chi connectivity index (χ1) is 9.07. The highest BCUT2D eigenvalue weighted by Gasteiger charge is 2.35. The van der Waals surface area contributed by atoms with E-state index in [0.29, 0.717) is 24.2 Å². The van der Waals surface area contributed by atoms with E-state index in [4.69, 9.17) is 11.6 Å². The summed E-state index contributed by atoms with van der Waals surface area (Å²) in [5, 5.41) is 3.78. The smallest absolute Gasteiger partial charge is 0.244 e. The molecule has 2 unspecified atom stereocenters. The second-order valence-corrected chi connectivity index (χ2v) is 7.53. The summed E-state index contributed by atoms with van der Waals surface area (Å²) in [6.07, 6.45) is 3.09. The minimum absolute atomic E-state index is 0.217. The Morgan fingerprint density at radius 1 is 1.16 bits per heavy atom. The molecule has 0 aliphatic carbocycles. The van der Waals surface area contributed by atoms with E-state index < -0.39 is 10.0 Å². The van der Waals surface area contributed by atoms with Crippen LogP contribution >= 0.6 is 11.6 Å². The summed E-state index contributed by atoms with van der Waals surface area (Å²) in [5.74, 6) is 0. The maximum atomic E-state index is 12.7. The molecule has 2 bridgehead atoms. The summed E-state index contributed by atoms with van der Waals surface area (Å²) in [6, 6.07) is 7.40. The van der Waals surface area contributed by atoms with Crippen molar-refractivity contribution in [3.63, 3.8) is 0 Å². The van der Waals surface area contributed by atoms with E-state index in [1.165, 1.54) is 0 Å². The van der Waals surface area contributed by atoms with Crippen LogP contribution in [0, 0.1) is 0 Å². The van der Waals surface area contributed by atoms with Crippen LogP contribution in [0.25, 0.3) is 0 Å². The molecule has 2 heterocycles. The first-order valence-electron chi connectivity index (χ1n) is 6.58. The van der Waals surface area contributed by atoms with Crippen LogP contribution in [-0.2, 0) is 10.0 Å². The number of hydrogen-bond donors (Lipinski definition) is 1. The molecule has 0 saturated carbocycles. The van der Waals surface area contributed by atoms with Crippen molar-refractivity contribution in [3.05, 3.63) is 29.3 Å². The molecule has 2 atom stereocenters. The minimum atomic E-state index is -3.48. The number of nitrogens with one attached hydrogen (secondary N) is 1. The summed E-state index contributed by atoms with van der Waals surface area (Å²) in [7, 11) is -3.48. The topological polar surface area (TPSA) is 49.4 Å². The highest BCUT2D eigenvalue weighted by atomic mass is 35.5. The maximum absolute atomic E-state index is 12.7. The molecule has 0 aromatic heterocycles. The number of rotatable bonds is 2. The molecule has 1 aromatic rings. The van der Waals surface area contributed by atoms with Gasteiger partial charge >= 0.3 is 0 Å². The molecular weight excluding hydrogens is 284 g/mol. The molecule has 104 valence electrons. The molecule has 1 N–H and O–H groups in total. The van der Waals surface area contributed by atoms with Gasteiger partial charge in [-0.2, -0.15) is 4.31 Å². The van der Waals surface area contributed by atoms with Gasteiger partial charge in [0.2, 0.25) is 10.0 Å². The Balaban J connectivity index is 1.90. The van der Waals surface area contributed by atoms with Crippen LogP contribution in [0.4, 0.5) is 0 Å². The molecule has 0 spiro atoms. The van der Waals surface area contributed by atoms with Crippen molar-refractivity contribution in [1.82, 2.24) is 9.62 Å². The van der Waals surface area contributed by atoms with Crippen molar-refractivity contribution >= 4 is 21.6 Å². The monoisotopic (exact) mass is 300 g/mol. The first-order valence-corrected chi connectivity index (χ1v) is 8.40. The van der Waals surface area contributed by atoms with Crippen LogP contribution in [0.2, 0.25) is 5.02 Å². The molecule has 3 rings (SSSR count).